The second-order valence-corrected chi connectivity index (χ2v) is 7.44. The van der Waals surface area contributed by atoms with Crippen molar-refractivity contribution in [2.24, 2.45) is 0 Å². The first-order valence-electron chi connectivity index (χ1n) is 9.05. The summed E-state index contributed by atoms with van der Waals surface area (Å²) in [4.78, 5) is 1.35. The number of fused-ring (bicyclic) bond motifs is 1. The monoisotopic (exact) mass is 357 g/mol. The van der Waals surface area contributed by atoms with Gasteiger partial charge in [0.15, 0.2) is 6.67 Å². The fraction of sp³-hybridized carbons (Fsp3) is 0.474. The number of nitrogens with zero attached hydrogens (tertiary/aromatic N) is 3. The molecule has 2 aromatic heterocycles. The van der Waals surface area contributed by atoms with Crippen LogP contribution in [0.15, 0.2) is 28.7 Å². The van der Waals surface area contributed by atoms with Crippen LogP contribution in [0, 0.1) is 11.7 Å². The summed E-state index contributed by atoms with van der Waals surface area (Å²) in [6.07, 6.45) is 3.36. The summed E-state index contributed by atoms with van der Waals surface area (Å²) < 4.78 is 11.1. The number of aryl methyl sites for hydroxylation is 2. The summed E-state index contributed by atoms with van der Waals surface area (Å²) in [5.74, 6) is 2.12. The summed E-state index contributed by atoms with van der Waals surface area (Å²) in [6.45, 7) is 5.87. The van der Waals surface area contributed by atoms with Crippen molar-refractivity contribution < 1.29 is 9.32 Å². The van der Waals surface area contributed by atoms with Crippen LogP contribution >= 0.6 is 12.2 Å². The molecule has 1 aliphatic carbocycles. The van der Waals surface area contributed by atoms with Crippen molar-refractivity contribution >= 4 is 23.2 Å². The van der Waals surface area contributed by atoms with Crippen LogP contribution in [-0.2, 0) is 19.6 Å². The molecule has 1 N–H and O–H groups in total. The molecule has 1 fully saturated rings. The first kappa shape index (κ1) is 16.5. The highest BCUT2D eigenvalue weighted by atomic mass is 32.1. The van der Waals surface area contributed by atoms with Crippen LogP contribution in [0.3, 0.4) is 0 Å². The van der Waals surface area contributed by atoms with Gasteiger partial charge in [-0.15, -0.1) is 0 Å². The van der Waals surface area contributed by atoms with E-state index in [2.05, 4.69) is 42.7 Å². The number of quaternary nitrogens is 1. The minimum atomic E-state index is 0.575. The van der Waals surface area contributed by atoms with Crippen molar-refractivity contribution in [2.45, 2.75) is 52.4 Å². The molecule has 1 atom stereocenters. The first-order valence-corrected chi connectivity index (χ1v) is 9.45. The number of nitrogens with one attached hydrogen (secondary N) is 1. The Kier molecular flexibility index (Phi) is 4.25. The lowest BCUT2D eigenvalue weighted by atomic mass is 10.1. The molecule has 0 bridgehead atoms. The third kappa shape index (κ3) is 3.04. The van der Waals surface area contributed by atoms with Crippen LogP contribution in [0.25, 0.3) is 11.0 Å². The van der Waals surface area contributed by atoms with E-state index in [0.29, 0.717) is 6.04 Å². The molecule has 3 aromatic rings. The molecule has 0 radical (unpaired) electrons. The van der Waals surface area contributed by atoms with Gasteiger partial charge in [0, 0.05) is 17.8 Å². The molecule has 1 aliphatic rings. The average Bonchev–Trinajstić information content (AvgIpc) is 3.30. The highest BCUT2D eigenvalue weighted by Gasteiger charge is 2.27. The summed E-state index contributed by atoms with van der Waals surface area (Å²) >= 11 is 5.65. The van der Waals surface area contributed by atoms with Crippen molar-refractivity contribution in [3.8, 4) is 0 Å². The Hall–Kier alpha value is -1.92. The fourth-order valence-electron chi connectivity index (χ4n) is 3.63. The number of furan rings is 1. The molecule has 0 saturated heterocycles. The van der Waals surface area contributed by atoms with Crippen molar-refractivity contribution in [1.29, 1.82) is 0 Å². The lowest BCUT2D eigenvalue weighted by Crippen LogP contribution is -3.07. The molecule has 1 aromatic carbocycles. The Morgan fingerprint density at radius 2 is 2.08 bits per heavy atom. The van der Waals surface area contributed by atoms with Gasteiger partial charge in [0.05, 0.1) is 12.6 Å². The maximum atomic E-state index is 6.03. The molecule has 25 heavy (non-hydrogen) atoms. The Morgan fingerprint density at radius 1 is 1.32 bits per heavy atom. The van der Waals surface area contributed by atoms with Crippen LogP contribution in [0.5, 0.6) is 0 Å². The van der Waals surface area contributed by atoms with Crippen molar-refractivity contribution in [1.82, 2.24) is 14.3 Å². The molecule has 0 aliphatic heterocycles. The Morgan fingerprint density at radius 3 is 2.80 bits per heavy atom. The highest BCUT2D eigenvalue weighted by molar-refractivity contribution is 7.71. The molecule has 132 valence electrons. The molecule has 0 spiro atoms. The Labute approximate surface area is 152 Å². The molecule has 6 heteroatoms. The van der Waals surface area contributed by atoms with Gasteiger partial charge in [-0.2, -0.15) is 9.78 Å². The van der Waals surface area contributed by atoms with Crippen molar-refractivity contribution in [2.75, 3.05) is 7.05 Å². The smallest absolute Gasteiger partial charge is 0.203 e. The Bertz CT molecular complexity index is 964. The number of aromatic nitrogens is 3. The third-order valence-corrected chi connectivity index (χ3v) is 5.36. The minimum Gasteiger partial charge on any atom is -0.461 e. The van der Waals surface area contributed by atoms with Gasteiger partial charge in [0.25, 0.3) is 0 Å². The van der Waals surface area contributed by atoms with E-state index in [9.17, 15) is 0 Å². The lowest BCUT2D eigenvalue weighted by molar-refractivity contribution is -0.917. The number of hydrogen-bond acceptors (Lipinski definition) is 3. The van der Waals surface area contributed by atoms with Gasteiger partial charge in [-0.25, -0.2) is 0 Å². The van der Waals surface area contributed by atoms with E-state index in [1.807, 2.05) is 16.8 Å². The SMILES string of the molecule is CCc1oc2ccccc2c1C[NH+](C)Cn1nc(C)n(C2CC2)c1=S. The average molecular weight is 358 g/mol. The van der Waals surface area contributed by atoms with E-state index in [1.165, 1.54) is 28.7 Å². The van der Waals surface area contributed by atoms with Gasteiger partial charge in [0.2, 0.25) is 4.77 Å². The van der Waals surface area contributed by atoms with Crippen LogP contribution in [0.1, 0.15) is 43.0 Å². The maximum absolute atomic E-state index is 6.03. The molecule has 5 nitrogen and oxygen atoms in total. The summed E-state index contributed by atoms with van der Waals surface area (Å²) in [7, 11) is 2.19. The quantitative estimate of drug-likeness (QED) is 0.690. The second-order valence-electron chi connectivity index (χ2n) is 7.08. The van der Waals surface area contributed by atoms with E-state index in [0.717, 1.165) is 41.6 Å². The zero-order chi connectivity index (χ0) is 17.6. The minimum absolute atomic E-state index is 0.575. The van der Waals surface area contributed by atoms with E-state index < -0.39 is 0 Å². The number of hydrogen-bond donors (Lipinski definition) is 1. The Balaban J connectivity index is 1.58. The summed E-state index contributed by atoms with van der Waals surface area (Å²) in [6, 6.07) is 8.87. The van der Waals surface area contributed by atoms with Crippen molar-refractivity contribution in [3.05, 3.63) is 46.2 Å². The van der Waals surface area contributed by atoms with Gasteiger partial charge in [-0.05, 0) is 38.0 Å². The number of rotatable bonds is 6. The molecule has 4 rings (SSSR count). The van der Waals surface area contributed by atoms with Crippen LogP contribution in [0.2, 0.25) is 0 Å². The van der Waals surface area contributed by atoms with E-state index in [1.54, 1.807) is 0 Å². The molecule has 2 heterocycles. The van der Waals surface area contributed by atoms with Gasteiger partial charge < -0.3 is 13.9 Å². The van der Waals surface area contributed by atoms with Crippen LogP contribution in [-0.4, -0.2) is 21.4 Å². The number of para-hydroxylation sites is 1. The third-order valence-electron chi connectivity index (χ3n) is 4.95. The summed E-state index contributed by atoms with van der Waals surface area (Å²) in [5, 5.41) is 5.90. The van der Waals surface area contributed by atoms with Crippen LogP contribution in [0.4, 0.5) is 0 Å². The second kappa shape index (κ2) is 6.42. The maximum Gasteiger partial charge on any atom is 0.203 e. The van der Waals surface area contributed by atoms with Crippen LogP contribution < -0.4 is 4.90 Å². The fourth-order valence-corrected chi connectivity index (χ4v) is 4.01. The topological polar surface area (TPSA) is 40.3 Å². The zero-order valence-corrected chi connectivity index (χ0v) is 15.9. The molecule has 1 saturated carbocycles. The van der Waals surface area contributed by atoms with Gasteiger partial charge in [0.1, 0.15) is 23.7 Å². The summed E-state index contributed by atoms with van der Waals surface area (Å²) in [5.41, 5.74) is 2.29. The zero-order valence-electron chi connectivity index (χ0n) is 15.1. The molecular formula is C19H25N4OS+. The highest BCUT2D eigenvalue weighted by Crippen LogP contribution is 2.35. The molecule has 1 unspecified atom stereocenters. The van der Waals surface area contributed by atoms with E-state index in [4.69, 9.17) is 16.6 Å². The lowest BCUT2D eigenvalue weighted by Gasteiger charge is -2.14. The van der Waals surface area contributed by atoms with Gasteiger partial charge in [-0.3, -0.25) is 0 Å². The van der Waals surface area contributed by atoms with E-state index >= 15 is 0 Å². The predicted octanol–water partition coefficient (Wildman–Crippen LogP) is 3.04. The standard InChI is InChI=1S/C19H24N4OS/c1-4-17-16(15-7-5-6-8-18(15)24-17)11-21(3)12-22-19(25)23(13(2)20-22)14-9-10-14/h5-8,14H,4,9-12H2,1-3H3/p+1. The van der Waals surface area contributed by atoms with E-state index in [-0.39, 0.29) is 0 Å². The van der Waals surface area contributed by atoms with Gasteiger partial charge >= 0.3 is 0 Å². The van der Waals surface area contributed by atoms with Crippen molar-refractivity contribution in [3.63, 3.8) is 0 Å². The predicted molar refractivity (Wildman–Crippen MR) is 100 cm³/mol. The molecule has 0 amide bonds. The molecular weight excluding hydrogens is 332 g/mol. The number of benzene rings is 1. The van der Waals surface area contributed by atoms with Gasteiger partial charge in [-0.1, -0.05) is 25.1 Å². The first-order chi connectivity index (χ1) is 12.1. The largest absolute Gasteiger partial charge is 0.461 e. The normalized spacial score (nSPS) is 15.8.